The SMILES string of the molecule is Cc1cccc(CNCCCNC(C)C)c1C. The first kappa shape index (κ1) is 14.2. The molecule has 0 aliphatic rings. The van der Waals surface area contributed by atoms with Gasteiger partial charge in [-0.15, -0.1) is 0 Å². The molecule has 1 aromatic rings. The molecule has 2 nitrogen and oxygen atoms in total. The Hall–Kier alpha value is -0.860. The van der Waals surface area contributed by atoms with E-state index >= 15 is 0 Å². The van der Waals surface area contributed by atoms with Crippen LogP contribution in [0.5, 0.6) is 0 Å². The summed E-state index contributed by atoms with van der Waals surface area (Å²) in [6, 6.07) is 7.11. The average Bonchev–Trinajstić information content (AvgIpc) is 2.28. The van der Waals surface area contributed by atoms with Crippen molar-refractivity contribution in [2.45, 2.75) is 46.7 Å². The molecular weight excluding hydrogens is 208 g/mol. The van der Waals surface area contributed by atoms with E-state index in [1.54, 1.807) is 0 Å². The highest BCUT2D eigenvalue weighted by Crippen LogP contribution is 2.11. The molecule has 0 bridgehead atoms. The average molecular weight is 234 g/mol. The fourth-order valence-corrected chi connectivity index (χ4v) is 1.83. The van der Waals surface area contributed by atoms with Gasteiger partial charge in [0, 0.05) is 12.6 Å². The fraction of sp³-hybridized carbons (Fsp3) is 0.600. The molecule has 96 valence electrons. The van der Waals surface area contributed by atoms with Gasteiger partial charge in [0.25, 0.3) is 0 Å². The largest absolute Gasteiger partial charge is 0.314 e. The zero-order valence-corrected chi connectivity index (χ0v) is 11.6. The maximum Gasteiger partial charge on any atom is 0.0208 e. The summed E-state index contributed by atoms with van der Waals surface area (Å²) in [6.45, 7) is 11.9. The summed E-state index contributed by atoms with van der Waals surface area (Å²) in [5.41, 5.74) is 4.22. The number of hydrogen-bond acceptors (Lipinski definition) is 2. The molecule has 17 heavy (non-hydrogen) atoms. The topological polar surface area (TPSA) is 24.1 Å². The van der Waals surface area contributed by atoms with Gasteiger partial charge in [0.2, 0.25) is 0 Å². The highest BCUT2D eigenvalue weighted by Gasteiger charge is 1.99. The lowest BCUT2D eigenvalue weighted by molar-refractivity contribution is 0.547. The Bertz CT molecular complexity index is 332. The number of rotatable bonds is 7. The van der Waals surface area contributed by atoms with Crippen LogP contribution >= 0.6 is 0 Å². The zero-order chi connectivity index (χ0) is 12.7. The smallest absolute Gasteiger partial charge is 0.0208 e. The molecule has 2 heteroatoms. The Morgan fingerprint density at radius 3 is 2.59 bits per heavy atom. The Balaban J connectivity index is 2.20. The molecule has 0 radical (unpaired) electrons. The van der Waals surface area contributed by atoms with Gasteiger partial charge in [0.1, 0.15) is 0 Å². The maximum absolute atomic E-state index is 3.50. The first-order valence-corrected chi connectivity index (χ1v) is 6.60. The van der Waals surface area contributed by atoms with Gasteiger partial charge in [-0.2, -0.15) is 0 Å². The van der Waals surface area contributed by atoms with E-state index in [9.17, 15) is 0 Å². The predicted molar refractivity (Wildman–Crippen MR) is 75.4 cm³/mol. The van der Waals surface area contributed by atoms with Crippen LogP contribution in [0.4, 0.5) is 0 Å². The summed E-state index contributed by atoms with van der Waals surface area (Å²) in [4.78, 5) is 0. The van der Waals surface area contributed by atoms with Crippen LogP contribution in [0.25, 0.3) is 0 Å². The summed E-state index contributed by atoms with van der Waals surface area (Å²) in [5.74, 6) is 0. The Morgan fingerprint density at radius 1 is 1.12 bits per heavy atom. The molecule has 1 aromatic carbocycles. The number of benzene rings is 1. The van der Waals surface area contributed by atoms with Crippen molar-refractivity contribution in [3.05, 3.63) is 34.9 Å². The van der Waals surface area contributed by atoms with Crippen LogP contribution in [0.3, 0.4) is 0 Å². The second kappa shape index (κ2) is 7.46. The van der Waals surface area contributed by atoms with Gasteiger partial charge >= 0.3 is 0 Å². The first-order valence-electron chi connectivity index (χ1n) is 6.60. The normalized spacial score (nSPS) is 11.1. The fourth-order valence-electron chi connectivity index (χ4n) is 1.83. The molecule has 1 rings (SSSR count). The van der Waals surface area contributed by atoms with Gasteiger partial charge in [-0.3, -0.25) is 0 Å². The highest BCUT2D eigenvalue weighted by molar-refractivity contribution is 5.32. The molecule has 0 saturated carbocycles. The molecule has 0 fully saturated rings. The highest BCUT2D eigenvalue weighted by atomic mass is 14.9. The van der Waals surface area contributed by atoms with Crippen LogP contribution in [-0.2, 0) is 6.54 Å². The van der Waals surface area contributed by atoms with Gasteiger partial charge in [0.15, 0.2) is 0 Å². The molecule has 0 aliphatic heterocycles. The van der Waals surface area contributed by atoms with Gasteiger partial charge in [0.05, 0.1) is 0 Å². The van der Waals surface area contributed by atoms with Crippen LogP contribution in [0, 0.1) is 13.8 Å². The standard InChI is InChI=1S/C15H26N2/c1-12(2)17-10-6-9-16-11-15-8-5-7-13(3)14(15)4/h5,7-8,12,16-17H,6,9-11H2,1-4H3. The third-order valence-electron chi connectivity index (χ3n) is 3.12. The van der Waals surface area contributed by atoms with Crippen molar-refractivity contribution < 1.29 is 0 Å². The molecule has 2 N–H and O–H groups in total. The minimum absolute atomic E-state index is 0.592. The van der Waals surface area contributed by atoms with Crippen molar-refractivity contribution in [3.63, 3.8) is 0 Å². The lowest BCUT2D eigenvalue weighted by atomic mass is 10.0. The van der Waals surface area contributed by atoms with Crippen molar-refractivity contribution in [1.82, 2.24) is 10.6 Å². The monoisotopic (exact) mass is 234 g/mol. The second-order valence-corrected chi connectivity index (χ2v) is 5.00. The van der Waals surface area contributed by atoms with Crippen LogP contribution < -0.4 is 10.6 Å². The zero-order valence-electron chi connectivity index (χ0n) is 11.6. The van der Waals surface area contributed by atoms with E-state index in [2.05, 4.69) is 56.5 Å². The molecule has 0 heterocycles. The quantitative estimate of drug-likeness (QED) is 0.709. The molecular formula is C15H26N2. The molecule has 0 unspecified atom stereocenters. The molecule has 0 aliphatic carbocycles. The molecule has 0 atom stereocenters. The molecule has 0 amide bonds. The Kier molecular flexibility index (Phi) is 6.23. The first-order chi connectivity index (χ1) is 8.11. The summed E-state index contributed by atoms with van der Waals surface area (Å²) in [7, 11) is 0. The van der Waals surface area contributed by atoms with E-state index in [4.69, 9.17) is 0 Å². The van der Waals surface area contributed by atoms with Crippen LogP contribution in [0.2, 0.25) is 0 Å². The molecule has 0 aromatic heterocycles. The van der Waals surface area contributed by atoms with Crippen molar-refractivity contribution in [1.29, 1.82) is 0 Å². The Labute approximate surface area is 106 Å². The van der Waals surface area contributed by atoms with E-state index in [0.717, 1.165) is 19.6 Å². The summed E-state index contributed by atoms with van der Waals surface area (Å²) in [6.07, 6.45) is 1.18. The molecule has 0 spiro atoms. The van der Waals surface area contributed by atoms with Gasteiger partial charge < -0.3 is 10.6 Å². The lowest BCUT2D eigenvalue weighted by Gasteiger charge is -2.11. The third-order valence-corrected chi connectivity index (χ3v) is 3.12. The summed E-state index contributed by atoms with van der Waals surface area (Å²) in [5, 5.41) is 6.93. The minimum atomic E-state index is 0.592. The number of nitrogens with one attached hydrogen (secondary N) is 2. The van der Waals surface area contributed by atoms with E-state index in [-0.39, 0.29) is 0 Å². The van der Waals surface area contributed by atoms with E-state index in [1.165, 1.54) is 23.1 Å². The van der Waals surface area contributed by atoms with Gasteiger partial charge in [-0.25, -0.2) is 0 Å². The summed E-state index contributed by atoms with van der Waals surface area (Å²) >= 11 is 0. The maximum atomic E-state index is 3.50. The lowest BCUT2D eigenvalue weighted by Crippen LogP contribution is -2.26. The van der Waals surface area contributed by atoms with Crippen LogP contribution in [0.1, 0.15) is 37.0 Å². The summed E-state index contributed by atoms with van der Waals surface area (Å²) < 4.78 is 0. The van der Waals surface area contributed by atoms with Crippen molar-refractivity contribution >= 4 is 0 Å². The van der Waals surface area contributed by atoms with Crippen LogP contribution in [-0.4, -0.2) is 19.1 Å². The molecule has 0 saturated heterocycles. The van der Waals surface area contributed by atoms with Crippen molar-refractivity contribution in [3.8, 4) is 0 Å². The van der Waals surface area contributed by atoms with E-state index in [1.807, 2.05) is 0 Å². The third kappa shape index (κ3) is 5.33. The van der Waals surface area contributed by atoms with Crippen molar-refractivity contribution in [2.24, 2.45) is 0 Å². The van der Waals surface area contributed by atoms with E-state index in [0.29, 0.717) is 6.04 Å². The van der Waals surface area contributed by atoms with Crippen LogP contribution in [0.15, 0.2) is 18.2 Å². The Morgan fingerprint density at radius 2 is 1.88 bits per heavy atom. The second-order valence-electron chi connectivity index (χ2n) is 5.00. The predicted octanol–water partition coefficient (Wildman–Crippen LogP) is 2.78. The van der Waals surface area contributed by atoms with Gasteiger partial charge in [-0.1, -0.05) is 32.0 Å². The number of aryl methyl sites for hydroxylation is 1. The number of hydrogen-bond donors (Lipinski definition) is 2. The van der Waals surface area contributed by atoms with E-state index < -0.39 is 0 Å². The van der Waals surface area contributed by atoms with Crippen molar-refractivity contribution in [2.75, 3.05) is 13.1 Å². The van der Waals surface area contributed by atoms with Gasteiger partial charge in [-0.05, 0) is 50.0 Å². The minimum Gasteiger partial charge on any atom is -0.314 e.